The van der Waals surface area contributed by atoms with Crippen LogP contribution in [-0.2, 0) is 6.54 Å². The fraction of sp³-hybridized carbons (Fsp3) is 0.0625. The number of nitrogens with one attached hydrogen (secondary N) is 1. The van der Waals surface area contributed by atoms with Gasteiger partial charge in [0.1, 0.15) is 5.75 Å². The summed E-state index contributed by atoms with van der Waals surface area (Å²) in [6.45, 7) is 0.255. The summed E-state index contributed by atoms with van der Waals surface area (Å²) in [5, 5.41) is 6.66. The second-order valence-corrected chi connectivity index (χ2v) is 5.20. The topological polar surface area (TPSA) is 64.1 Å². The molecule has 5 nitrogen and oxygen atoms in total. The Morgan fingerprint density at radius 1 is 1.14 bits per heavy atom. The Labute approximate surface area is 131 Å². The molecule has 0 saturated heterocycles. The van der Waals surface area contributed by atoms with E-state index < -0.39 is 6.09 Å². The number of ether oxygens (including phenoxy) is 1. The van der Waals surface area contributed by atoms with E-state index in [4.69, 9.17) is 4.74 Å². The number of amides is 1. The Balaban J connectivity index is 1.66. The first-order chi connectivity index (χ1) is 10.8. The van der Waals surface area contributed by atoms with Gasteiger partial charge < -0.3 is 10.1 Å². The largest absolute Gasteiger partial charge is 0.412 e. The number of para-hydroxylation sites is 1. The lowest BCUT2D eigenvalue weighted by atomic mass is 10.2. The van der Waals surface area contributed by atoms with Crippen LogP contribution in [0.4, 0.5) is 4.79 Å². The summed E-state index contributed by atoms with van der Waals surface area (Å²) in [4.78, 5) is 20.4. The molecule has 0 fully saturated rings. The highest BCUT2D eigenvalue weighted by molar-refractivity contribution is 7.08. The van der Waals surface area contributed by atoms with Gasteiger partial charge in [0.15, 0.2) is 0 Å². The monoisotopic (exact) mass is 311 g/mol. The number of nitrogens with zero attached hydrogens (tertiary/aromatic N) is 2. The first-order valence-corrected chi connectivity index (χ1v) is 7.60. The summed E-state index contributed by atoms with van der Waals surface area (Å²) in [5.74, 6) is 0.497. The molecule has 0 saturated carbocycles. The van der Waals surface area contributed by atoms with E-state index in [1.165, 1.54) is 0 Å². The predicted octanol–water partition coefficient (Wildman–Crippen LogP) is 3.49. The van der Waals surface area contributed by atoms with Crippen LogP contribution in [0.25, 0.3) is 11.3 Å². The molecule has 1 amide bonds. The molecule has 0 radical (unpaired) electrons. The molecule has 6 heteroatoms. The van der Waals surface area contributed by atoms with Gasteiger partial charge in [-0.15, -0.1) is 0 Å². The zero-order chi connectivity index (χ0) is 15.2. The van der Waals surface area contributed by atoms with Gasteiger partial charge >= 0.3 is 6.09 Å². The number of thiophene rings is 1. The molecule has 0 aliphatic heterocycles. The van der Waals surface area contributed by atoms with Crippen molar-refractivity contribution in [3.05, 3.63) is 65.2 Å². The van der Waals surface area contributed by atoms with Gasteiger partial charge in [-0.05, 0) is 23.6 Å². The average molecular weight is 311 g/mol. The molecule has 3 aromatic rings. The Bertz CT molecular complexity index is 745. The predicted molar refractivity (Wildman–Crippen MR) is 84.7 cm³/mol. The first-order valence-electron chi connectivity index (χ1n) is 6.66. The van der Waals surface area contributed by atoms with Gasteiger partial charge in [0.05, 0.1) is 17.9 Å². The number of hydrogen-bond donors (Lipinski definition) is 1. The third-order valence-corrected chi connectivity index (χ3v) is 3.61. The molecule has 1 aromatic carbocycles. The van der Waals surface area contributed by atoms with Crippen molar-refractivity contribution in [2.75, 3.05) is 0 Å². The van der Waals surface area contributed by atoms with Crippen LogP contribution in [-0.4, -0.2) is 16.1 Å². The molecule has 2 heterocycles. The summed E-state index contributed by atoms with van der Waals surface area (Å²) in [6.07, 6.45) is 2.72. The van der Waals surface area contributed by atoms with E-state index in [0.29, 0.717) is 11.4 Å². The van der Waals surface area contributed by atoms with Crippen LogP contribution < -0.4 is 10.1 Å². The molecule has 1 N–H and O–H groups in total. The van der Waals surface area contributed by atoms with Crippen LogP contribution in [0, 0.1) is 0 Å². The molecule has 0 spiro atoms. The lowest BCUT2D eigenvalue weighted by Gasteiger charge is -2.08. The van der Waals surface area contributed by atoms with Crippen molar-refractivity contribution in [2.24, 2.45) is 0 Å². The van der Waals surface area contributed by atoms with Gasteiger partial charge in [-0.3, -0.25) is 9.97 Å². The van der Waals surface area contributed by atoms with Crippen molar-refractivity contribution in [1.29, 1.82) is 0 Å². The molecule has 3 rings (SSSR count). The number of hydrogen-bond acceptors (Lipinski definition) is 5. The maximum Gasteiger partial charge on any atom is 0.412 e. The molecule has 0 aliphatic carbocycles. The summed E-state index contributed by atoms with van der Waals surface area (Å²) < 4.78 is 5.17. The summed E-state index contributed by atoms with van der Waals surface area (Å²) >= 11 is 1.59. The zero-order valence-electron chi connectivity index (χ0n) is 11.6. The Kier molecular flexibility index (Phi) is 4.41. The van der Waals surface area contributed by atoms with Crippen molar-refractivity contribution in [3.63, 3.8) is 0 Å². The third-order valence-electron chi connectivity index (χ3n) is 2.92. The van der Waals surface area contributed by atoms with Gasteiger partial charge in [0.25, 0.3) is 0 Å². The maximum atomic E-state index is 11.8. The summed E-state index contributed by atoms with van der Waals surface area (Å²) in [7, 11) is 0. The maximum absolute atomic E-state index is 11.8. The number of carbonyl (C=O) groups excluding carboxylic acids is 1. The van der Waals surface area contributed by atoms with Gasteiger partial charge in [-0.2, -0.15) is 11.3 Å². The third kappa shape index (κ3) is 3.48. The number of benzene rings is 1. The van der Waals surface area contributed by atoms with Crippen LogP contribution in [0.3, 0.4) is 0 Å². The minimum Gasteiger partial charge on any atom is -0.410 e. The zero-order valence-corrected chi connectivity index (χ0v) is 12.4. The molecular weight excluding hydrogens is 298 g/mol. The van der Waals surface area contributed by atoms with Crippen molar-refractivity contribution < 1.29 is 9.53 Å². The van der Waals surface area contributed by atoms with Crippen molar-refractivity contribution in [1.82, 2.24) is 15.3 Å². The summed E-state index contributed by atoms with van der Waals surface area (Å²) in [5.41, 5.74) is 2.46. The van der Waals surface area contributed by atoms with Crippen molar-refractivity contribution in [3.8, 4) is 17.0 Å². The molecule has 22 heavy (non-hydrogen) atoms. The molecule has 0 aliphatic rings. The molecule has 0 bridgehead atoms. The summed E-state index contributed by atoms with van der Waals surface area (Å²) in [6, 6.07) is 10.9. The van der Waals surface area contributed by atoms with E-state index in [-0.39, 0.29) is 6.54 Å². The van der Waals surface area contributed by atoms with Gasteiger partial charge in [0, 0.05) is 23.3 Å². The normalized spacial score (nSPS) is 10.2. The minimum absolute atomic E-state index is 0.255. The van der Waals surface area contributed by atoms with E-state index in [1.807, 2.05) is 22.9 Å². The smallest absolute Gasteiger partial charge is 0.410 e. The van der Waals surface area contributed by atoms with E-state index in [0.717, 1.165) is 11.3 Å². The van der Waals surface area contributed by atoms with E-state index >= 15 is 0 Å². The molecule has 2 aromatic heterocycles. The average Bonchev–Trinajstić information content (AvgIpc) is 3.08. The van der Waals surface area contributed by atoms with Crippen LogP contribution in [0.15, 0.2) is 59.6 Å². The van der Waals surface area contributed by atoms with E-state index in [2.05, 4.69) is 15.3 Å². The highest BCUT2D eigenvalue weighted by Gasteiger charge is 2.10. The van der Waals surface area contributed by atoms with Crippen LogP contribution in [0.2, 0.25) is 0 Å². The Hall–Kier alpha value is -2.73. The molecule has 0 unspecified atom stereocenters. The number of rotatable bonds is 4. The fourth-order valence-electron chi connectivity index (χ4n) is 1.92. The van der Waals surface area contributed by atoms with Crippen molar-refractivity contribution in [2.45, 2.75) is 6.54 Å². The van der Waals surface area contributed by atoms with E-state index in [1.54, 1.807) is 48.0 Å². The second-order valence-electron chi connectivity index (χ2n) is 4.42. The second kappa shape index (κ2) is 6.82. The molecule has 0 atom stereocenters. The lowest BCUT2D eigenvalue weighted by Crippen LogP contribution is -2.27. The van der Waals surface area contributed by atoms with Crippen LogP contribution >= 0.6 is 11.3 Å². The quantitative estimate of drug-likeness (QED) is 0.801. The Morgan fingerprint density at radius 3 is 2.73 bits per heavy atom. The molecular formula is C16H13N3O2S. The van der Waals surface area contributed by atoms with Gasteiger partial charge in [-0.25, -0.2) is 4.79 Å². The number of aromatic nitrogens is 2. The SMILES string of the molecule is O=C(NCc1nccnc1-c1ccsc1)Oc1ccccc1. The lowest BCUT2D eigenvalue weighted by molar-refractivity contribution is 0.200. The fourth-order valence-corrected chi connectivity index (χ4v) is 2.56. The van der Waals surface area contributed by atoms with Crippen molar-refractivity contribution >= 4 is 17.4 Å². The molecule has 110 valence electrons. The van der Waals surface area contributed by atoms with Gasteiger partial charge in [0.2, 0.25) is 0 Å². The number of carbonyl (C=O) groups is 1. The highest BCUT2D eigenvalue weighted by Crippen LogP contribution is 2.22. The highest BCUT2D eigenvalue weighted by atomic mass is 32.1. The van der Waals surface area contributed by atoms with Crippen LogP contribution in [0.1, 0.15) is 5.69 Å². The first kappa shape index (κ1) is 14.2. The minimum atomic E-state index is -0.520. The van der Waals surface area contributed by atoms with Gasteiger partial charge in [-0.1, -0.05) is 18.2 Å². The standard InChI is InChI=1S/C16H13N3O2S/c20-16(21-13-4-2-1-3-5-13)19-10-14-15(18-8-7-17-14)12-6-9-22-11-12/h1-9,11H,10H2,(H,19,20). The van der Waals surface area contributed by atoms with E-state index in [9.17, 15) is 4.79 Å². The Morgan fingerprint density at radius 2 is 1.95 bits per heavy atom. The van der Waals surface area contributed by atoms with Crippen LogP contribution in [0.5, 0.6) is 5.75 Å².